The van der Waals surface area contributed by atoms with Gasteiger partial charge in [0.15, 0.2) is 6.29 Å². The second kappa shape index (κ2) is 10.9. The van der Waals surface area contributed by atoms with Crippen molar-refractivity contribution in [2.45, 2.75) is 81.2 Å². The fourth-order valence-corrected chi connectivity index (χ4v) is 6.62. The van der Waals surface area contributed by atoms with Crippen LogP contribution in [0.15, 0.2) is 23.5 Å². The predicted octanol–water partition coefficient (Wildman–Crippen LogP) is -2.53. The molecule has 6 N–H and O–H groups in total. The average molecular weight is 573 g/mol. The molecule has 0 spiro atoms. The van der Waals surface area contributed by atoms with Crippen molar-refractivity contribution in [3.8, 4) is 0 Å². The molecule has 1 saturated carbocycles. The predicted molar refractivity (Wildman–Crippen MR) is 128 cm³/mol. The number of ether oxygens (including phenoxy) is 6. The Morgan fingerprint density at radius 2 is 1.85 bits per heavy atom. The Hall–Kier alpha value is -2.14. The highest BCUT2D eigenvalue weighted by Crippen LogP contribution is 2.60. The van der Waals surface area contributed by atoms with E-state index >= 15 is 0 Å². The van der Waals surface area contributed by atoms with Gasteiger partial charge in [0.2, 0.25) is 6.29 Å². The van der Waals surface area contributed by atoms with Crippen LogP contribution < -0.4 is 0 Å². The molecule has 0 aromatic carbocycles. The van der Waals surface area contributed by atoms with E-state index in [0.717, 1.165) is 0 Å². The van der Waals surface area contributed by atoms with Gasteiger partial charge in [0.05, 0.1) is 44.5 Å². The third kappa shape index (κ3) is 4.64. The monoisotopic (exact) mass is 572 g/mol. The maximum Gasteiger partial charge on any atom is 0.334 e. The van der Waals surface area contributed by atoms with E-state index in [9.17, 15) is 40.2 Å². The summed E-state index contributed by atoms with van der Waals surface area (Å²) in [5.41, 5.74) is -0.338. The van der Waals surface area contributed by atoms with Crippen LogP contribution >= 0.6 is 0 Å². The normalized spacial score (nSPS) is 46.3. The molecule has 40 heavy (non-hydrogen) atoms. The summed E-state index contributed by atoms with van der Waals surface area (Å²) in [5, 5.41) is 60.6. The van der Waals surface area contributed by atoms with Crippen molar-refractivity contribution in [1.82, 2.24) is 0 Å². The van der Waals surface area contributed by atoms with E-state index in [-0.39, 0.29) is 12.0 Å². The minimum Gasteiger partial charge on any atom is -0.472 e. The molecule has 3 aliphatic heterocycles. The summed E-state index contributed by atoms with van der Waals surface area (Å²) >= 11 is 0. The quantitative estimate of drug-likeness (QED) is 0.131. The molecule has 0 radical (unpaired) electrons. The minimum atomic E-state index is -1.64. The molecule has 3 fully saturated rings. The van der Waals surface area contributed by atoms with E-state index in [2.05, 4.69) is 0 Å². The molecule has 0 bridgehead atoms. The molecule has 0 aromatic rings. The van der Waals surface area contributed by atoms with Crippen LogP contribution in [-0.4, -0.2) is 124 Å². The van der Waals surface area contributed by atoms with E-state index in [1.54, 1.807) is 19.9 Å². The summed E-state index contributed by atoms with van der Waals surface area (Å²) in [7, 11) is 1.20. The molecule has 14 heteroatoms. The zero-order chi connectivity index (χ0) is 29.1. The molecule has 2 saturated heterocycles. The van der Waals surface area contributed by atoms with Crippen LogP contribution in [0.4, 0.5) is 0 Å². The lowest BCUT2D eigenvalue weighted by atomic mass is 9.85. The molecule has 0 aromatic heterocycles. The number of hydrogen-bond donors (Lipinski definition) is 6. The van der Waals surface area contributed by atoms with Crippen molar-refractivity contribution in [3.63, 3.8) is 0 Å². The lowest BCUT2D eigenvalue weighted by Crippen LogP contribution is -2.60. The van der Waals surface area contributed by atoms with Crippen molar-refractivity contribution >= 4 is 11.9 Å². The molecule has 5 rings (SSSR count). The van der Waals surface area contributed by atoms with Crippen molar-refractivity contribution in [2.24, 2.45) is 23.7 Å². The van der Waals surface area contributed by atoms with Gasteiger partial charge >= 0.3 is 11.9 Å². The van der Waals surface area contributed by atoms with Gasteiger partial charge in [0, 0.05) is 17.4 Å². The SMILES string of the molecule is COC(=O)C1=C(C)[C@@H](O)C[C@H]1[C@H](CO)C(=O)O[C@H]1[C@@H]2C=CO[C@@H](O[C@H]3O[C@@H](CO)[C@H](O)[C@@H](O)[C@@H]3O)[C@@H]2[C@@]2(C)O[C@@H]12. The summed E-state index contributed by atoms with van der Waals surface area (Å²) in [5.74, 6) is -4.44. The lowest BCUT2D eigenvalue weighted by Gasteiger charge is -2.43. The summed E-state index contributed by atoms with van der Waals surface area (Å²) in [4.78, 5) is 25.8. The Kier molecular flexibility index (Phi) is 8.02. The zero-order valence-corrected chi connectivity index (χ0v) is 22.2. The number of hydrogen-bond acceptors (Lipinski definition) is 14. The van der Waals surface area contributed by atoms with Gasteiger partial charge in [-0.2, -0.15) is 0 Å². The summed E-state index contributed by atoms with van der Waals surface area (Å²) < 4.78 is 33.6. The highest BCUT2D eigenvalue weighted by atomic mass is 16.8. The fraction of sp³-hybridized carbons (Fsp3) is 0.769. The number of aliphatic hydroxyl groups excluding tert-OH is 6. The number of rotatable bonds is 8. The van der Waals surface area contributed by atoms with Gasteiger partial charge in [0.1, 0.15) is 42.2 Å². The van der Waals surface area contributed by atoms with Crippen LogP contribution in [0.5, 0.6) is 0 Å². The van der Waals surface area contributed by atoms with Crippen LogP contribution in [0, 0.1) is 23.7 Å². The Morgan fingerprint density at radius 1 is 1.12 bits per heavy atom. The third-order valence-corrected chi connectivity index (χ3v) is 8.98. The first kappa shape index (κ1) is 29.4. The van der Waals surface area contributed by atoms with Crippen LogP contribution in [0.1, 0.15) is 20.3 Å². The van der Waals surface area contributed by atoms with Crippen molar-refractivity contribution in [1.29, 1.82) is 0 Å². The van der Waals surface area contributed by atoms with E-state index in [1.165, 1.54) is 13.4 Å². The van der Waals surface area contributed by atoms with Gasteiger partial charge < -0.3 is 59.1 Å². The van der Waals surface area contributed by atoms with E-state index in [1.807, 2.05) is 0 Å². The molecular weight excluding hydrogens is 536 g/mol. The summed E-state index contributed by atoms with van der Waals surface area (Å²) in [6.07, 6.45) is -7.77. The molecule has 3 heterocycles. The maximum absolute atomic E-state index is 13.4. The van der Waals surface area contributed by atoms with E-state index in [0.29, 0.717) is 5.57 Å². The topological polar surface area (TPSA) is 214 Å². The Balaban J connectivity index is 1.32. The highest BCUT2D eigenvalue weighted by molar-refractivity contribution is 5.92. The first-order valence-corrected chi connectivity index (χ1v) is 13.2. The number of fused-ring (bicyclic) bond motifs is 3. The van der Waals surface area contributed by atoms with E-state index < -0.39 is 110 Å². The second-order valence-electron chi connectivity index (χ2n) is 11.1. The van der Waals surface area contributed by atoms with Crippen LogP contribution in [0.3, 0.4) is 0 Å². The smallest absolute Gasteiger partial charge is 0.334 e. The van der Waals surface area contributed by atoms with Gasteiger partial charge in [-0.15, -0.1) is 0 Å². The Labute approximate surface area is 229 Å². The molecular formula is C26H36O14. The number of carbonyl (C=O) groups excluding carboxylic acids is 2. The highest BCUT2D eigenvalue weighted by Gasteiger charge is 2.75. The standard InChI is InChI=1S/C26H36O14/c1-9-13(29)6-11(15(9)23(34)35-3)12(7-27)22(33)38-20-10-4-5-36-24(16(10)26(2)21(20)40-26)39-25-19(32)18(31)17(30)14(8-28)37-25/h4-5,10-14,16-21,24-25,27-32H,6-8H2,1-3H3/t10-,11+,12+,13+,14+,16-,17+,18-,19+,20+,21+,24+,25-,26-/m1/s1. The lowest BCUT2D eigenvalue weighted by molar-refractivity contribution is -0.344. The van der Waals surface area contributed by atoms with Gasteiger partial charge in [-0.1, -0.05) is 0 Å². The van der Waals surface area contributed by atoms with Crippen molar-refractivity contribution < 1.29 is 68.6 Å². The largest absolute Gasteiger partial charge is 0.472 e. The minimum absolute atomic E-state index is 0.0493. The molecule has 0 amide bonds. The number of esters is 2. The van der Waals surface area contributed by atoms with Crippen LogP contribution in [0.25, 0.3) is 0 Å². The summed E-state index contributed by atoms with van der Waals surface area (Å²) in [6, 6.07) is 0. The number of aliphatic hydroxyl groups is 6. The first-order valence-electron chi connectivity index (χ1n) is 13.2. The van der Waals surface area contributed by atoms with Crippen molar-refractivity contribution in [2.75, 3.05) is 20.3 Å². The maximum atomic E-state index is 13.4. The van der Waals surface area contributed by atoms with Gasteiger partial charge in [-0.3, -0.25) is 4.79 Å². The average Bonchev–Trinajstić information content (AvgIpc) is 3.45. The molecule has 14 atom stereocenters. The first-order chi connectivity index (χ1) is 19.0. The number of epoxide rings is 1. The summed E-state index contributed by atoms with van der Waals surface area (Å²) in [6.45, 7) is 2.10. The third-order valence-electron chi connectivity index (χ3n) is 8.98. The fourth-order valence-electron chi connectivity index (χ4n) is 6.62. The number of methoxy groups -OCH3 is 1. The van der Waals surface area contributed by atoms with Crippen molar-refractivity contribution in [3.05, 3.63) is 23.5 Å². The zero-order valence-electron chi connectivity index (χ0n) is 22.2. The van der Waals surface area contributed by atoms with Crippen LogP contribution in [-0.2, 0) is 38.0 Å². The van der Waals surface area contributed by atoms with Gasteiger partial charge in [-0.05, 0) is 31.9 Å². The molecule has 14 nitrogen and oxygen atoms in total. The second-order valence-corrected chi connectivity index (χ2v) is 11.1. The Bertz CT molecular complexity index is 1060. The molecule has 2 aliphatic carbocycles. The Morgan fingerprint density at radius 3 is 2.50 bits per heavy atom. The molecule has 5 aliphatic rings. The van der Waals surface area contributed by atoms with Crippen LogP contribution in [0.2, 0.25) is 0 Å². The van der Waals surface area contributed by atoms with Gasteiger partial charge in [0.25, 0.3) is 0 Å². The van der Waals surface area contributed by atoms with Gasteiger partial charge in [-0.25, -0.2) is 4.79 Å². The molecule has 224 valence electrons. The van der Waals surface area contributed by atoms with E-state index in [4.69, 9.17) is 28.4 Å². The molecule has 0 unspecified atom stereocenters. The number of carbonyl (C=O) groups is 2.